The fraction of sp³-hybridized carbons (Fsp3) is 0.818. The highest BCUT2D eigenvalue weighted by Crippen LogP contribution is 2.72. The van der Waals surface area contributed by atoms with Gasteiger partial charge in [-0.15, -0.1) is 0 Å². The van der Waals surface area contributed by atoms with E-state index in [1.807, 2.05) is 0 Å². The number of rotatable bonds is 1. The molecule has 1 atom stereocenters. The van der Waals surface area contributed by atoms with E-state index in [1.54, 1.807) is 5.57 Å². The van der Waals surface area contributed by atoms with Crippen molar-refractivity contribution >= 4 is 0 Å². The van der Waals surface area contributed by atoms with Crippen LogP contribution in [0, 0.1) is 16.7 Å². The minimum absolute atomic E-state index is 0.539. The van der Waals surface area contributed by atoms with Gasteiger partial charge in [0.1, 0.15) is 0 Å². The molecule has 0 aromatic heterocycles. The second-order valence-corrected chi connectivity index (χ2v) is 4.85. The van der Waals surface area contributed by atoms with Crippen LogP contribution in [0.2, 0.25) is 0 Å². The molecule has 0 nitrogen and oxygen atoms in total. The fourth-order valence-corrected chi connectivity index (χ4v) is 2.85. The summed E-state index contributed by atoms with van der Waals surface area (Å²) in [5.41, 5.74) is 2.87. The smallest absolute Gasteiger partial charge is 0.0000776 e. The molecule has 0 aliphatic heterocycles. The Bertz CT molecular complexity index is 218. The highest BCUT2D eigenvalue weighted by Gasteiger charge is 2.63. The lowest BCUT2D eigenvalue weighted by atomic mass is 9.55. The van der Waals surface area contributed by atoms with E-state index >= 15 is 0 Å². The van der Waals surface area contributed by atoms with E-state index in [4.69, 9.17) is 0 Å². The van der Waals surface area contributed by atoms with Crippen LogP contribution < -0.4 is 0 Å². The number of hydrogen-bond acceptors (Lipinski definition) is 0. The molecular weight excluding hydrogens is 132 g/mol. The summed E-state index contributed by atoms with van der Waals surface area (Å²) < 4.78 is 0. The number of hydrogen-bond donors (Lipinski definition) is 0. The lowest BCUT2D eigenvalue weighted by molar-refractivity contribution is 0.143. The first-order chi connectivity index (χ1) is 5.03. The first kappa shape index (κ1) is 7.39. The summed E-state index contributed by atoms with van der Waals surface area (Å²) in [6.07, 6.45) is 5.39. The lowest BCUT2D eigenvalue weighted by Crippen LogP contribution is -2.41. The first-order valence-corrected chi connectivity index (χ1v) is 4.73. The van der Waals surface area contributed by atoms with Gasteiger partial charge >= 0.3 is 0 Å². The Labute approximate surface area is 69.7 Å². The van der Waals surface area contributed by atoms with Gasteiger partial charge in [0, 0.05) is 5.41 Å². The second kappa shape index (κ2) is 1.73. The average molecular weight is 150 g/mol. The van der Waals surface area contributed by atoms with Gasteiger partial charge in [-0.25, -0.2) is 0 Å². The average Bonchev–Trinajstić information content (AvgIpc) is 2.66. The van der Waals surface area contributed by atoms with Crippen molar-refractivity contribution in [2.45, 2.75) is 40.5 Å². The van der Waals surface area contributed by atoms with E-state index in [1.165, 1.54) is 12.8 Å². The monoisotopic (exact) mass is 150 g/mol. The van der Waals surface area contributed by atoms with Gasteiger partial charge < -0.3 is 0 Å². The molecule has 0 N–H and O–H groups in total. The molecule has 1 saturated carbocycles. The minimum Gasteiger partial charge on any atom is -0.0779 e. The van der Waals surface area contributed by atoms with Crippen LogP contribution >= 0.6 is 0 Å². The SMILES string of the molecule is CC1=CC(C)(C(C)C)C12CC2. The van der Waals surface area contributed by atoms with Gasteiger partial charge in [0.2, 0.25) is 0 Å². The van der Waals surface area contributed by atoms with Crippen LogP contribution in [0.25, 0.3) is 0 Å². The molecule has 0 aromatic rings. The molecular formula is C11H18. The molecule has 0 heterocycles. The van der Waals surface area contributed by atoms with Crippen LogP contribution in [-0.4, -0.2) is 0 Å². The maximum absolute atomic E-state index is 2.49. The van der Waals surface area contributed by atoms with E-state index in [2.05, 4.69) is 33.8 Å². The van der Waals surface area contributed by atoms with E-state index in [-0.39, 0.29) is 0 Å². The maximum atomic E-state index is 2.49. The van der Waals surface area contributed by atoms with Crippen molar-refractivity contribution in [1.29, 1.82) is 0 Å². The molecule has 1 fully saturated rings. The van der Waals surface area contributed by atoms with E-state index < -0.39 is 0 Å². The molecule has 0 aromatic carbocycles. The predicted octanol–water partition coefficient (Wildman–Crippen LogP) is 3.39. The van der Waals surface area contributed by atoms with Crippen LogP contribution in [-0.2, 0) is 0 Å². The second-order valence-electron chi connectivity index (χ2n) is 4.85. The van der Waals surface area contributed by atoms with Gasteiger partial charge in [-0.1, -0.05) is 32.4 Å². The highest BCUT2D eigenvalue weighted by atomic mass is 14.7. The van der Waals surface area contributed by atoms with Gasteiger partial charge in [-0.05, 0) is 31.1 Å². The quantitative estimate of drug-likeness (QED) is 0.503. The van der Waals surface area contributed by atoms with E-state index in [0.717, 1.165) is 5.92 Å². The number of allylic oxidation sites excluding steroid dienone is 2. The van der Waals surface area contributed by atoms with E-state index in [9.17, 15) is 0 Å². The summed E-state index contributed by atoms with van der Waals surface area (Å²) in [5, 5.41) is 0. The van der Waals surface area contributed by atoms with Crippen molar-refractivity contribution in [3.05, 3.63) is 11.6 Å². The van der Waals surface area contributed by atoms with Crippen LogP contribution in [0.4, 0.5) is 0 Å². The third kappa shape index (κ3) is 0.617. The first-order valence-electron chi connectivity index (χ1n) is 4.73. The lowest BCUT2D eigenvalue weighted by Gasteiger charge is -2.49. The van der Waals surface area contributed by atoms with Gasteiger partial charge in [0.25, 0.3) is 0 Å². The summed E-state index contributed by atoms with van der Waals surface area (Å²) in [6, 6.07) is 0. The van der Waals surface area contributed by atoms with Gasteiger partial charge in [-0.3, -0.25) is 0 Å². The van der Waals surface area contributed by atoms with Crippen molar-refractivity contribution in [3.8, 4) is 0 Å². The standard InChI is InChI=1S/C11H18/c1-8(2)10(4)7-9(3)11(10)5-6-11/h7-8H,5-6H2,1-4H3. The molecule has 0 saturated heterocycles. The molecule has 1 spiro atoms. The minimum atomic E-state index is 0.539. The molecule has 1 unspecified atom stereocenters. The molecule has 0 radical (unpaired) electrons. The van der Waals surface area contributed by atoms with Gasteiger partial charge in [-0.2, -0.15) is 0 Å². The van der Waals surface area contributed by atoms with Crippen molar-refractivity contribution < 1.29 is 0 Å². The summed E-state index contributed by atoms with van der Waals surface area (Å²) in [4.78, 5) is 0. The Kier molecular flexibility index (Phi) is 1.16. The molecule has 0 bridgehead atoms. The zero-order valence-corrected chi connectivity index (χ0v) is 8.07. The third-order valence-electron chi connectivity index (χ3n) is 4.25. The summed E-state index contributed by atoms with van der Waals surface area (Å²) in [7, 11) is 0. The fourth-order valence-electron chi connectivity index (χ4n) is 2.85. The summed E-state index contributed by atoms with van der Waals surface area (Å²) >= 11 is 0. The van der Waals surface area contributed by atoms with Crippen LogP contribution in [0.1, 0.15) is 40.5 Å². The zero-order chi connectivity index (χ0) is 8.28. The van der Waals surface area contributed by atoms with Crippen molar-refractivity contribution in [2.75, 3.05) is 0 Å². The maximum Gasteiger partial charge on any atom is 0.0000776 e. The third-order valence-corrected chi connectivity index (χ3v) is 4.25. The van der Waals surface area contributed by atoms with Crippen molar-refractivity contribution in [2.24, 2.45) is 16.7 Å². The Morgan fingerprint density at radius 3 is 2.09 bits per heavy atom. The summed E-state index contributed by atoms with van der Waals surface area (Å²) in [5.74, 6) is 0.814. The van der Waals surface area contributed by atoms with Crippen LogP contribution in [0.3, 0.4) is 0 Å². The van der Waals surface area contributed by atoms with Crippen molar-refractivity contribution in [3.63, 3.8) is 0 Å². The largest absolute Gasteiger partial charge is 0.0779 e. The van der Waals surface area contributed by atoms with Gasteiger partial charge in [0.05, 0.1) is 0 Å². The normalized spacial score (nSPS) is 38.8. The van der Waals surface area contributed by atoms with Crippen LogP contribution in [0.15, 0.2) is 11.6 Å². The molecule has 2 aliphatic rings. The predicted molar refractivity (Wildman–Crippen MR) is 48.4 cm³/mol. The van der Waals surface area contributed by atoms with Gasteiger partial charge in [0.15, 0.2) is 0 Å². The Morgan fingerprint density at radius 2 is 1.91 bits per heavy atom. The van der Waals surface area contributed by atoms with E-state index in [0.29, 0.717) is 10.8 Å². The molecule has 0 amide bonds. The molecule has 2 rings (SSSR count). The van der Waals surface area contributed by atoms with Crippen LogP contribution in [0.5, 0.6) is 0 Å². The highest BCUT2D eigenvalue weighted by molar-refractivity contribution is 5.39. The zero-order valence-electron chi connectivity index (χ0n) is 8.07. The molecule has 11 heavy (non-hydrogen) atoms. The topological polar surface area (TPSA) is 0 Å². The molecule has 2 aliphatic carbocycles. The summed E-state index contributed by atoms with van der Waals surface area (Å²) in [6.45, 7) is 9.43. The Hall–Kier alpha value is -0.260. The van der Waals surface area contributed by atoms with Crippen molar-refractivity contribution in [1.82, 2.24) is 0 Å². The molecule has 0 heteroatoms. The Balaban J connectivity index is 2.32. The Morgan fingerprint density at radius 1 is 1.36 bits per heavy atom. The molecule has 62 valence electrons.